The number of carboxylic acids is 1. The number of aliphatic carboxylic acids is 1. The minimum atomic E-state index is -1.15. The van der Waals surface area contributed by atoms with Gasteiger partial charge in [0, 0.05) is 6.42 Å². The number of carbonyl (C=O) groups excluding carboxylic acids is 2. The van der Waals surface area contributed by atoms with Gasteiger partial charge in [-0.2, -0.15) is 0 Å². The van der Waals surface area contributed by atoms with Crippen molar-refractivity contribution in [3.63, 3.8) is 0 Å². The first-order valence-corrected chi connectivity index (χ1v) is 5.35. The van der Waals surface area contributed by atoms with E-state index in [0.29, 0.717) is 12.8 Å². The van der Waals surface area contributed by atoms with E-state index in [1.165, 1.54) is 5.48 Å². The van der Waals surface area contributed by atoms with E-state index in [1.54, 1.807) is 13.8 Å². The van der Waals surface area contributed by atoms with Crippen molar-refractivity contribution in [3.8, 4) is 0 Å². The summed E-state index contributed by atoms with van der Waals surface area (Å²) < 4.78 is 0. The maximum Gasteiger partial charge on any atom is 0.322 e. The van der Waals surface area contributed by atoms with Gasteiger partial charge >= 0.3 is 5.97 Å². The molecule has 0 unspecified atom stereocenters. The van der Waals surface area contributed by atoms with Crippen LogP contribution in [0.3, 0.4) is 0 Å². The third kappa shape index (κ3) is 4.39. The fourth-order valence-electron chi connectivity index (χ4n) is 1.59. The largest absolute Gasteiger partial charge is 0.480 e. The summed E-state index contributed by atoms with van der Waals surface area (Å²) in [5, 5.41) is 19.2. The van der Waals surface area contributed by atoms with Crippen molar-refractivity contribution < 1.29 is 24.7 Å². The van der Waals surface area contributed by atoms with Crippen molar-refractivity contribution in [2.24, 2.45) is 5.41 Å². The Morgan fingerprint density at radius 1 is 1.18 bits per heavy atom. The van der Waals surface area contributed by atoms with Crippen molar-refractivity contribution in [1.82, 2.24) is 10.8 Å². The van der Waals surface area contributed by atoms with Crippen LogP contribution in [0.1, 0.15) is 33.1 Å². The molecule has 0 atom stereocenters. The van der Waals surface area contributed by atoms with Crippen LogP contribution in [-0.2, 0) is 14.4 Å². The van der Waals surface area contributed by atoms with E-state index in [0.717, 1.165) is 0 Å². The van der Waals surface area contributed by atoms with Gasteiger partial charge in [-0.15, -0.1) is 0 Å². The average molecular weight is 246 g/mol. The van der Waals surface area contributed by atoms with Gasteiger partial charge in [0.25, 0.3) is 0 Å². The highest BCUT2D eigenvalue weighted by atomic mass is 16.5. The second kappa shape index (κ2) is 6.85. The summed E-state index contributed by atoms with van der Waals surface area (Å²) in [6.07, 6.45) is 0.576. The normalized spacial score (nSPS) is 10.8. The molecule has 0 aliphatic carbocycles. The molecule has 4 N–H and O–H groups in total. The molecule has 0 saturated heterocycles. The molecule has 7 heteroatoms. The fourth-order valence-corrected chi connectivity index (χ4v) is 1.59. The number of hydrogen-bond donors (Lipinski definition) is 4. The Bertz CT molecular complexity index is 299. The molecular formula is C10H18N2O5. The maximum atomic E-state index is 11.8. The van der Waals surface area contributed by atoms with Crippen LogP contribution in [-0.4, -0.2) is 34.6 Å². The fraction of sp³-hybridized carbons (Fsp3) is 0.700. The molecule has 0 heterocycles. The number of hydrogen-bond acceptors (Lipinski definition) is 4. The lowest BCUT2D eigenvalue weighted by Crippen LogP contribution is -2.44. The smallest absolute Gasteiger partial charge is 0.322 e. The Balaban J connectivity index is 4.73. The predicted octanol–water partition coefficient (Wildman–Crippen LogP) is -0.111. The Morgan fingerprint density at radius 3 is 2.06 bits per heavy atom. The number of carbonyl (C=O) groups is 3. The minimum absolute atomic E-state index is 0.179. The molecule has 0 spiro atoms. The standard InChI is InChI=1S/C10H18N2O5/c1-3-10(4-2,5-7(13)12-17)9(16)11-6-8(14)15/h17H,3-6H2,1-2H3,(H,11,16)(H,12,13)(H,14,15). The molecule has 7 nitrogen and oxygen atoms in total. The first-order valence-electron chi connectivity index (χ1n) is 5.35. The summed E-state index contributed by atoms with van der Waals surface area (Å²) in [6, 6.07) is 0. The molecule has 0 saturated carbocycles. The van der Waals surface area contributed by atoms with E-state index in [4.69, 9.17) is 10.3 Å². The molecule has 0 aliphatic rings. The number of carboxylic acid groups (broad SMARTS) is 1. The van der Waals surface area contributed by atoms with Crippen molar-refractivity contribution in [2.75, 3.05) is 6.54 Å². The van der Waals surface area contributed by atoms with Crippen LogP contribution < -0.4 is 10.8 Å². The first kappa shape index (κ1) is 15.4. The van der Waals surface area contributed by atoms with Gasteiger partial charge in [-0.25, -0.2) is 5.48 Å². The van der Waals surface area contributed by atoms with Gasteiger partial charge in [0.15, 0.2) is 0 Å². The van der Waals surface area contributed by atoms with Gasteiger partial charge in [-0.3, -0.25) is 19.6 Å². The third-order valence-corrected chi connectivity index (χ3v) is 2.86. The van der Waals surface area contributed by atoms with Crippen LogP contribution in [0, 0.1) is 5.41 Å². The first-order chi connectivity index (χ1) is 7.91. The van der Waals surface area contributed by atoms with Crippen molar-refractivity contribution in [2.45, 2.75) is 33.1 Å². The molecule has 0 fully saturated rings. The Hall–Kier alpha value is -1.63. The Kier molecular flexibility index (Phi) is 6.19. The van der Waals surface area contributed by atoms with Crippen LogP contribution in [0.15, 0.2) is 0 Å². The molecule has 0 aromatic rings. The van der Waals surface area contributed by atoms with Gasteiger partial charge < -0.3 is 10.4 Å². The van der Waals surface area contributed by atoms with E-state index in [2.05, 4.69) is 5.32 Å². The van der Waals surface area contributed by atoms with Crippen molar-refractivity contribution in [3.05, 3.63) is 0 Å². The van der Waals surface area contributed by atoms with Crippen LogP contribution in [0.2, 0.25) is 0 Å². The molecule has 98 valence electrons. The Labute approximate surface area is 99.2 Å². The van der Waals surface area contributed by atoms with Gasteiger partial charge in [0.2, 0.25) is 11.8 Å². The quantitative estimate of drug-likeness (QED) is 0.369. The van der Waals surface area contributed by atoms with Crippen LogP contribution in [0.25, 0.3) is 0 Å². The molecule has 0 bridgehead atoms. The summed E-state index contributed by atoms with van der Waals surface area (Å²) >= 11 is 0. The lowest BCUT2D eigenvalue weighted by molar-refractivity contribution is -0.143. The molecule has 17 heavy (non-hydrogen) atoms. The Morgan fingerprint density at radius 2 is 1.71 bits per heavy atom. The highest BCUT2D eigenvalue weighted by molar-refractivity contribution is 5.90. The summed E-state index contributed by atoms with van der Waals surface area (Å²) in [6.45, 7) is 2.98. The van der Waals surface area contributed by atoms with Crippen molar-refractivity contribution in [1.29, 1.82) is 0 Å². The number of rotatable bonds is 7. The summed E-state index contributed by atoms with van der Waals surface area (Å²) in [5.41, 5.74) is 0.489. The zero-order chi connectivity index (χ0) is 13.5. The van der Waals surface area contributed by atoms with Crippen LogP contribution in [0.5, 0.6) is 0 Å². The lowest BCUT2D eigenvalue weighted by atomic mass is 9.78. The van der Waals surface area contributed by atoms with E-state index in [9.17, 15) is 14.4 Å². The highest BCUT2D eigenvalue weighted by Gasteiger charge is 2.37. The average Bonchev–Trinajstić information content (AvgIpc) is 2.32. The topological polar surface area (TPSA) is 116 Å². The maximum absolute atomic E-state index is 11.8. The SMILES string of the molecule is CCC(CC)(CC(=O)NO)C(=O)NCC(=O)O. The molecule has 0 aromatic heterocycles. The molecular weight excluding hydrogens is 228 g/mol. The number of amides is 2. The minimum Gasteiger partial charge on any atom is -0.480 e. The molecule has 0 rings (SSSR count). The summed E-state index contributed by atoms with van der Waals surface area (Å²) in [5.74, 6) is -2.31. The summed E-state index contributed by atoms with van der Waals surface area (Å²) in [4.78, 5) is 33.3. The predicted molar refractivity (Wildman–Crippen MR) is 58.2 cm³/mol. The van der Waals surface area contributed by atoms with Crippen LogP contribution >= 0.6 is 0 Å². The second-order valence-corrected chi connectivity index (χ2v) is 3.78. The second-order valence-electron chi connectivity index (χ2n) is 3.78. The summed E-state index contributed by atoms with van der Waals surface area (Å²) in [7, 11) is 0. The zero-order valence-corrected chi connectivity index (χ0v) is 9.95. The number of hydroxylamine groups is 1. The molecule has 2 amide bonds. The van der Waals surface area contributed by atoms with Gasteiger partial charge in [0.1, 0.15) is 6.54 Å². The van der Waals surface area contributed by atoms with Gasteiger partial charge in [-0.05, 0) is 12.8 Å². The van der Waals surface area contributed by atoms with Gasteiger partial charge in [-0.1, -0.05) is 13.8 Å². The zero-order valence-electron chi connectivity index (χ0n) is 9.95. The van der Waals surface area contributed by atoms with Gasteiger partial charge in [0.05, 0.1) is 5.41 Å². The molecule has 0 radical (unpaired) electrons. The highest BCUT2D eigenvalue weighted by Crippen LogP contribution is 2.30. The number of nitrogens with one attached hydrogen (secondary N) is 2. The van der Waals surface area contributed by atoms with Crippen LogP contribution in [0.4, 0.5) is 0 Å². The van der Waals surface area contributed by atoms with E-state index < -0.39 is 29.7 Å². The van der Waals surface area contributed by atoms with E-state index >= 15 is 0 Å². The monoisotopic (exact) mass is 246 g/mol. The lowest BCUT2D eigenvalue weighted by Gasteiger charge is -2.28. The molecule has 0 aliphatic heterocycles. The van der Waals surface area contributed by atoms with E-state index in [-0.39, 0.29) is 6.42 Å². The van der Waals surface area contributed by atoms with E-state index in [1.807, 2.05) is 0 Å². The van der Waals surface area contributed by atoms with Crippen molar-refractivity contribution >= 4 is 17.8 Å². The molecule has 0 aromatic carbocycles. The third-order valence-electron chi connectivity index (χ3n) is 2.86.